The van der Waals surface area contributed by atoms with Gasteiger partial charge in [0.05, 0.1) is 23.3 Å². The van der Waals surface area contributed by atoms with E-state index in [9.17, 15) is 9.59 Å². The van der Waals surface area contributed by atoms with Crippen molar-refractivity contribution in [2.45, 2.75) is 44.9 Å². The number of rotatable bonds is 5. The lowest BCUT2D eigenvalue weighted by Crippen LogP contribution is -2.23. The van der Waals surface area contributed by atoms with E-state index in [0.717, 1.165) is 47.4 Å². The minimum Gasteiger partial charge on any atom is -0.493 e. The largest absolute Gasteiger partial charge is 0.493 e. The monoisotopic (exact) mass is 402 g/mol. The first-order valence-electron chi connectivity index (χ1n) is 10.4. The molecule has 0 amide bonds. The molecule has 2 aromatic heterocycles. The topological polar surface area (TPSA) is 72.0 Å². The smallest absolute Gasteiger partial charge is 0.257 e. The molecule has 0 unspecified atom stereocenters. The van der Waals surface area contributed by atoms with Crippen molar-refractivity contribution in [1.29, 1.82) is 0 Å². The van der Waals surface area contributed by atoms with Gasteiger partial charge in [-0.1, -0.05) is 12.1 Å². The molecule has 30 heavy (non-hydrogen) atoms. The first-order chi connectivity index (χ1) is 14.5. The number of Topliss-reactive ketones (excluding diaryl/α,β-unsaturated/α-hetero) is 1. The molecule has 0 bridgehead atoms. The molecule has 0 saturated heterocycles. The van der Waals surface area contributed by atoms with E-state index in [4.69, 9.17) is 9.72 Å². The van der Waals surface area contributed by atoms with Crippen LogP contribution in [0.4, 0.5) is 0 Å². The predicted molar refractivity (Wildman–Crippen MR) is 117 cm³/mol. The molecule has 0 spiro atoms. The van der Waals surface area contributed by atoms with Crippen LogP contribution in [0.1, 0.15) is 42.2 Å². The zero-order chi connectivity index (χ0) is 20.9. The maximum Gasteiger partial charge on any atom is 0.257 e. The van der Waals surface area contributed by atoms with Crippen molar-refractivity contribution in [2.24, 2.45) is 0 Å². The summed E-state index contributed by atoms with van der Waals surface area (Å²) in [6.07, 6.45) is 4.54. The molecule has 1 N–H and O–H groups in total. The lowest BCUT2D eigenvalue weighted by Gasteiger charge is -2.17. The van der Waals surface area contributed by atoms with Crippen molar-refractivity contribution < 1.29 is 11.0 Å². The highest BCUT2D eigenvalue weighted by molar-refractivity contribution is 5.94. The van der Waals surface area contributed by atoms with Crippen LogP contribution in [0.2, 0.25) is 0 Å². The van der Waals surface area contributed by atoms with E-state index in [1.165, 1.54) is 5.56 Å². The Bertz CT molecular complexity index is 1230. The van der Waals surface area contributed by atoms with Crippen LogP contribution in [0, 0.1) is 13.8 Å². The molecule has 0 atom stereocenters. The standard InChI is InChI=1S/C25H24N2O3.H2/c1-15-12-19(27-23(16(15)2)20-4-3-10-26-24(20)29)14-22(28)25(8-9-25)18-5-6-21-17(13-18)7-11-30-21;/h3-6,10,12-13H,7-9,11,14H2,1-2H3,(H,26,29);1H. The summed E-state index contributed by atoms with van der Waals surface area (Å²) >= 11 is 0. The number of aromatic nitrogens is 2. The van der Waals surface area contributed by atoms with E-state index >= 15 is 0 Å². The molecule has 154 valence electrons. The molecule has 5 heteroatoms. The number of pyridine rings is 2. The fourth-order valence-corrected chi connectivity index (χ4v) is 4.44. The van der Waals surface area contributed by atoms with Crippen molar-refractivity contribution in [1.82, 2.24) is 9.97 Å². The van der Waals surface area contributed by atoms with Crippen LogP contribution in [0.5, 0.6) is 5.75 Å². The number of aryl methyl sites for hydroxylation is 1. The number of fused-ring (bicyclic) bond motifs is 1. The van der Waals surface area contributed by atoms with E-state index < -0.39 is 5.41 Å². The number of nitrogens with zero attached hydrogens (tertiary/aromatic N) is 1. The van der Waals surface area contributed by atoms with Gasteiger partial charge in [0.25, 0.3) is 5.56 Å². The highest BCUT2D eigenvalue weighted by atomic mass is 16.5. The molecule has 5 rings (SSSR count). The molecule has 5 nitrogen and oxygen atoms in total. The van der Waals surface area contributed by atoms with Gasteiger partial charge in [-0.3, -0.25) is 14.6 Å². The molecule has 2 aliphatic rings. The molecular formula is C25H26N2O3. The van der Waals surface area contributed by atoms with Crippen LogP contribution < -0.4 is 10.3 Å². The van der Waals surface area contributed by atoms with Crippen LogP contribution in [0.25, 0.3) is 11.3 Å². The number of ether oxygens (including phenoxy) is 1. The summed E-state index contributed by atoms with van der Waals surface area (Å²) in [7, 11) is 0. The van der Waals surface area contributed by atoms with E-state index in [-0.39, 0.29) is 19.2 Å². The van der Waals surface area contributed by atoms with E-state index in [1.54, 1.807) is 18.3 Å². The second-order valence-corrected chi connectivity index (χ2v) is 8.42. The molecule has 1 aliphatic carbocycles. The van der Waals surface area contributed by atoms with Crippen LogP contribution in [0.3, 0.4) is 0 Å². The average Bonchev–Trinajstić information content (AvgIpc) is 3.42. The van der Waals surface area contributed by atoms with Crippen LogP contribution in [-0.4, -0.2) is 22.4 Å². The Morgan fingerprint density at radius 2 is 2.07 bits per heavy atom. The fourth-order valence-electron chi connectivity index (χ4n) is 4.44. The number of hydrogen-bond donors (Lipinski definition) is 1. The second kappa shape index (κ2) is 6.94. The van der Waals surface area contributed by atoms with Crippen molar-refractivity contribution in [3.8, 4) is 17.0 Å². The van der Waals surface area contributed by atoms with Gasteiger partial charge in [-0.2, -0.15) is 0 Å². The summed E-state index contributed by atoms with van der Waals surface area (Å²) in [5.74, 6) is 1.14. The third kappa shape index (κ3) is 3.05. The van der Waals surface area contributed by atoms with Crippen molar-refractivity contribution in [3.63, 3.8) is 0 Å². The lowest BCUT2D eigenvalue weighted by atomic mass is 9.87. The summed E-state index contributed by atoms with van der Waals surface area (Å²) < 4.78 is 5.61. The maximum atomic E-state index is 13.4. The summed E-state index contributed by atoms with van der Waals surface area (Å²) in [5, 5.41) is 0. The Balaban J connectivity index is 0.00000231. The summed E-state index contributed by atoms with van der Waals surface area (Å²) in [5.41, 5.74) is 5.62. The van der Waals surface area contributed by atoms with Crippen LogP contribution in [0.15, 0.2) is 47.4 Å². The van der Waals surface area contributed by atoms with Gasteiger partial charge in [-0.05, 0) is 73.2 Å². The van der Waals surface area contributed by atoms with Gasteiger partial charge in [0.1, 0.15) is 11.5 Å². The van der Waals surface area contributed by atoms with E-state index in [1.807, 2.05) is 32.0 Å². The fraction of sp³-hybridized carbons (Fsp3) is 0.320. The molecule has 1 saturated carbocycles. The van der Waals surface area contributed by atoms with Crippen LogP contribution in [-0.2, 0) is 23.1 Å². The average molecular weight is 402 g/mol. The van der Waals surface area contributed by atoms with E-state index in [0.29, 0.717) is 17.9 Å². The Hall–Kier alpha value is -3.21. The summed E-state index contributed by atoms with van der Waals surface area (Å²) in [6, 6.07) is 11.7. The van der Waals surface area contributed by atoms with Gasteiger partial charge in [0.15, 0.2) is 0 Å². The summed E-state index contributed by atoms with van der Waals surface area (Å²) in [6.45, 7) is 4.68. The Morgan fingerprint density at radius 1 is 1.23 bits per heavy atom. The second-order valence-electron chi connectivity index (χ2n) is 8.42. The first kappa shape index (κ1) is 18.8. The van der Waals surface area contributed by atoms with Crippen LogP contribution >= 0.6 is 0 Å². The minimum absolute atomic E-state index is 0. The maximum absolute atomic E-state index is 13.4. The molecule has 3 heterocycles. The van der Waals surface area contributed by atoms with Crippen molar-refractivity contribution in [2.75, 3.05) is 6.61 Å². The third-order valence-electron chi connectivity index (χ3n) is 6.53. The van der Waals surface area contributed by atoms with Gasteiger partial charge in [0, 0.05) is 26.2 Å². The molecule has 1 aromatic carbocycles. The summed E-state index contributed by atoms with van der Waals surface area (Å²) in [4.78, 5) is 33.1. The number of aromatic amines is 1. The predicted octanol–water partition coefficient (Wildman–Crippen LogP) is 4.08. The number of carbonyl (C=O) groups excluding carboxylic acids is 1. The Kier molecular flexibility index (Phi) is 4.35. The highest BCUT2D eigenvalue weighted by Gasteiger charge is 2.50. The zero-order valence-electron chi connectivity index (χ0n) is 17.2. The van der Waals surface area contributed by atoms with E-state index in [2.05, 4.69) is 11.1 Å². The minimum atomic E-state index is -0.400. The van der Waals surface area contributed by atoms with Crippen molar-refractivity contribution >= 4 is 5.78 Å². The van der Waals surface area contributed by atoms with Gasteiger partial charge in [0.2, 0.25) is 0 Å². The van der Waals surface area contributed by atoms with Gasteiger partial charge in [-0.25, -0.2) is 0 Å². The normalized spacial score (nSPS) is 16.1. The zero-order valence-corrected chi connectivity index (χ0v) is 17.2. The number of hydrogen-bond acceptors (Lipinski definition) is 4. The molecule has 0 radical (unpaired) electrons. The molecular weight excluding hydrogens is 376 g/mol. The Morgan fingerprint density at radius 3 is 2.83 bits per heavy atom. The lowest BCUT2D eigenvalue weighted by molar-refractivity contribution is -0.120. The number of ketones is 1. The number of nitrogens with one attached hydrogen (secondary N) is 1. The number of benzene rings is 1. The third-order valence-corrected chi connectivity index (χ3v) is 6.53. The van der Waals surface area contributed by atoms with Gasteiger partial charge >= 0.3 is 0 Å². The quantitative estimate of drug-likeness (QED) is 0.698. The number of H-pyrrole nitrogens is 1. The van der Waals surface area contributed by atoms with Gasteiger partial charge in [-0.15, -0.1) is 0 Å². The SMILES string of the molecule is Cc1cc(CC(=O)C2(c3ccc4c(c3)CCO4)CC2)nc(-c2ccc[nH]c2=O)c1C.[HH]. The molecule has 1 aliphatic heterocycles. The first-order valence-corrected chi connectivity index (χ1v) is 10.4. The Labute approximate surface area is 176 Å². The number of carbonyl (C=O) groups is 1. The van der Waals surface area contributed by atoms with Gasteiger partial charge < -0.3 is 9.72 Å². The molecule has 3 aromatic rings. The molecule has 1 fully saturated rings. The van der Waals surface area contributed by atoms with Crippen molar-refractivity contribution in [3.05, 3.63) is 80.9 Å². The highest BCUT2D eigenvalue weighted by Crippen LogP contribution is 2.50.